The third kappa shape index (κ3) is 3.28. The van der Waals surface area contributed by atoms with E-state index in [1.807, 2.05) is 42.3 Å². The molecule has 3 aromatic rings. The quantitative estimate of drug-likeness (QED) is 0.687. The first-order valence-corrected chi connectivity index (χ1v) is 10.2. The number of carbonyl (C=O) groups is 1. The van der Waals surface area contributed by atoms with Crippen LogP contribution in [0.1, 0.15) is 22.5 Å². The molecule has 1 saturated heterocycles. The van der Waals surface area contributed by atoms with Gasteiger partial charge in [0.1, 0.15) is 5.82 Å². The summed E-state index contributed by atoms with van der Waals surface area (Å²) in [7, 11) is 0. The van der Waals surface area contributed by atoms with Crippen LogP contribution < -0.4 is 10.6 Å². The van der Waals surface area contributed by atoms with Crippen LogP contribution in [-0.2, 0) is 24.2 Å². The second-order valence-electron chi connectivity index (χ2n) is 8.37. The van der Waals surface area contributed by atoms with Crippen LogP contribution in [-0.4, -0.2) is 50.6 Å². The summed E-state index contributed by atoms with van der Waals surface area (Å²) >= 11 is 0. The third-order valence-electron chi connectivity index (χ3n) is 6.10. The minimum atomic E-state index is -0.476. The van der Waals surface area contributed by atoms with Crippen molar-refractivity contribution in [2.75, 3.05) is 30.3 Å². The Hall–Kier alpha value is -3.42. The Morgan fingerprint density at radius 2 is 2.03 bits per heavy atom. The van der Waals surface area contributed by atoms with Gasteiger partial charge >= 0.3 is 0 Å². The number of benzene rings is 1. The van der Waals surface area contributed by atoms with Gasteiger partial charge in [-0.1, -0.05) is 30.3 Å². The van der Waals surface area contributed by atoms with Crippen LogP contribution in [0.2, 0.25) is 0 Å². The van der Waals surface area contributed by atoms with Crippen molar-refractivity contribution < 1.29 is 4.79 Å². The Balaban J connectivity index is 1.41. The first-order valence-electron chi connectivity index (χ1n) is 10.2. The van der Waals surface area contributed by atoms with Gasteiger partial charge in [0, 0.05) is 55.6 Å². The second kappa shape index (κ2) is 7.12. The molecule has 2 aliphatic heterocycles. The number of H-pyrrole nitrogens is 1. The van der Waals surface area contributed by atoms with Gasteiger partial charge in [-0.2, -0.15) is 10.1 Å². The Labute approximate surface area is 175 Å². The Bertz CT molecular complexity index is 1050. The SMILES string of the molecule is Cc1cc(N2CC(Cc3ccccc3)(C(=O)N3CCc4[nH]ncc4C3)C2)nc(N)n1. The van der Waals surface area contributed by atoms with Gasteiger partial charge in [-0.3, -0.25) is 9.89 Å². The average Bonchev–Trinajstić information content (AvgIpc) is 3.17. The standard InChI is InChI=1S/C22H25N7O/c1-15-9-19(26-21(23)25-15)29-13-22(14-29,10-16-5-3-2-4-6-16)20(30)28-8-7-18-17(12-28)11-24-27-18/h2-6,9,11H,7-8,10,12-14H2,1H3,(H,24,27)(H2,23,25,26). The molecule has 8 heteroatoms. The molecule has 2 aromatic heterocycles. The minimum Gasteiger partial charge on any atom is -0.368 e. The minimum absolute atomic E-state index is 0.202. The maximum atomic E-state index is 13.8. The molecule has 0 spiro atoms. The van der Waals surface area contributed by atoms with Crippen molar-refractivity contribution in [3.63, 3.8) is 0 Å². The molecular formula is C22H25N7O. The maximum absolute atomic E-state index is 13.8. The summed E-state index contributed by atoms with van der Waals surface area (Å²) in [6.07, 6.45) is 3.35. The third-order valence-corrected chi connectivity index (χ3v) is 6.10. The molecule has 1 amide bonds. The lowest BCUT2D eigenvalue weighted by Crippen LogP contribution is -2.65. The largest absolute Gasteiger partial charge is 0.368 e. The summed E-state index contributed by atoms with van der Waals surface area (Å²) in [6, 6.07) is 12.2. The van der Waals surface area contributed by atoms with E-state index in [1.165, 1.54) is 5.56 Å². The molecule has 8 nitrogen and oxygen atoms in total. The number of hydrogen-bond donors (Lipinski definition) is 2. The highest BCUT2D eigenvalue weighted by atomic mass is 16.2. The van der Waals surface area contributed by atoms with Gasteiger partial charge in [0.2, 0.25) is 11.9 Å². The predicted molar refractivity (Wildman–Crippen MR) is 114 cm³/mol. The van der Waals surface area contributed by atoms with Crippen LogP contribution in [0.3, 0.4) is 0 Å². The van der Waals surface area contributed by atoms with Gasteiger partial charge < -0.3 is 15.5 Å². The van der Waals surface area contributed by atoms with Crippen LogP contribution in [0.25, 0.3) is 0 Å². The van der Waals surface area contributed by atoms with E-state index in [-0.39, 0.29) is 11.9 Å². The fraction of sp³-hybridized carbons (Fsp3) is 0.364. The molecular weight excluding hydrogens is 378 g/mol. The average molecular weight is 403 g/mol. The second-order valence-corrected chi connectivity index (χ2v) is 8.37. The van der Waals surface area contributed by atoms with Crippen LogP contribution >= 0.6 is 0 Å². The number of amides is 1. The summed E-state index contributed by atoms with van der Waals surface area (Å²) in [5.74, 6) is 1.25. The number of carbonyl (C=O) groups excluding carboxylic acids is 1. The van der Waals surface area contributed by atoms with E-state index in [4.69, 9.17) is 5.73 Å². The molecule has 0 bridgehead atoms. The zero-order valence-corrected chi connectivity index (χ0v) is 17.0. The van der Waals surface area contributed by atoms with Gasteiger partial charge in [-0.25, -0.2) is 4.98 Å². The van der Waals surface area contributed by atoms with E-state index in [0.717, 1.165) is 29.2 Å². The van der Waals surface area contributed by atoms with Crippen LogP contribution in [0.15, 0.2) is 42.6 Å². The lowest BCUT2D eigenvalue weighted by molar-refractivity contribution is -0.145. The van der Waals surface area contributed by atoms with Crippen molar-refractivity contribution in [3.05, 3.63) is 65.1 Å². The molecule has 3 N–H and O–H groups in total. The fourth-order valence-corrected chi connectivity index (χ4v) is 4.62. The van der Waals surface area contributed by atoms with Gasteiger partial charge in [0.15, 0.2) is 0 Å². The van der Waals surface area contributed by atoms with E-state index < -0.39 is 5.41 Å². The Morgan fingerprint density at radius 3 is 2.80 bits per heavy atom. The first kappa shape index (κ1) is 18.6. The molecule has 0 radical (unpaired) electrons. The van der Waals surface area contributed by atoms with E-state index in [9.17, 15) is 4.79 Å². The van der Waals surface area contributed by atoms with Crippen molar-refractivity contribution >= 4 is 17.7 Å². The van der Waals surface area contributed by atoms with Gasteiger partial charge in [-0.05, 0) is 18.9 Å². The number of fused-ring (bicyclic) bond motifs is 1. The van der Waals surface area contributed by atoms with Crippen molar-refractivity contribution in [1.82, 2.24) is 25.1 Å². The number of nitrogens with one attached hydrogen (secondary N) is 1. The van der Waals surface area contributed by atoms with Crippen LogP contribution in [0, 0.1) is 12.3 Å². The van der Waals surface area contributed by atoms with E-state index in [0.29, 0.717) is 32.6 Å². The number of aromatic amines is 1. The molecule has 2 aliphatic rings. The number of nitrogens with two attached hydrogens (primary N) is 1. The lowest BCUT2D eigenvalue weighted by Gasteiger charge is -2.51. The molecule has 0 atom stereocenters. The summed E-state index contributed by atoms with van der Waals surface area (Å²) in [4.78, 5) is 26.4. The monoisotopic (exact) mass is 403 g/mol. The predicted octanol–water partition coefficient (Wildman–Crippen LogP) is 1.72. The Morgan fingerprint density at radius 1 is 1.23 bits per heavy atom. The number of hydrogen-bond acceptors (Lipinski definition) is 6. The van der Waals surface area contributed by atoms with Crippen molar-refractivity contribution in [2.45, 2.75) is 26.3 Å². The lowest BCUT2D eigenvalue weighted by atomic mass is 9.73. The maximum Gasteiger partial charge on any atom is 0.233 e. The van der Waals surface area contributed by atoms with Crippen molar-refractivity contribution in [2.24, 2.45) is 5.41 Å². The topological polar surface area (TPSA) is 104 Å². The summed E-state index contributed by atoms with van der Waals surface area (Å²) in [6.45, 7) is 4.46. The first-order chi connectivity index (χ1) is 14.5. The zero-order valence-electron chi connectivity index (χ0n) is 17.0. The van der Waals surface area contributed by atoms with E-state index in [2.05, 4.69) is 37.2 Å². The highest BCUT2D eigenvalue weighted by Gasteiger charge is 2.51. The molecule has 0 saturated carbocycles. The van der Waals surface area contributed by atoms with E-state index in [1.54, 1.807) is 0 Å². The molecule has 1 fully saturated rings. The molecule has 30 heavy (non-hydrogen) atoms. The fourth-order valence-electron chi connectivity index (χ4n) is 4.62. The normalized spacial score (nSPS) is 17.4. The summed E-state index contributed by atoms with van der Waals surface area (Å²) < 4.78 is 0. The van der Waals surface area contributed by atoms with Crippen LogP contribution in [0.4, 0.5) is 11.8 Å². The molecule has 5 rings (SSSR count). The number of aryl methyl sites for hydroxylation is 1. The van der Waals surface area contributed by atoms with Crippen molar-refractivity contribution in [1.29, 1.82) is 0 Å². The van der Waals surface area contributed by atoms with Crippen LogP contribution in [0.5, 0.6) is 0 Å². The highest BCUT2D eigenvalue weighted by Crippen LogP contribution is 2.39. The summed E-state index contributed by atoms with van der Waals surface area (Å²) in [5, 5.41) is 7.17. The molecule has 1 aromatic carbocycles. The van der Waals surface area contributed by atoms with Crippen molar-refractivity contribution in [3.8, 4) is 0 Å². The zero-order chi connectivity index (χ0) is 20.7. The highest BCUT2D eigenvalue weighted by molar-refractivity contribution is 5.87. The number of anilines is 2. The number of nitrogen functional groups attached to an aromatic ring is 1. The number of aromatic nitrogens is 4. The Kier molecular flexibility index (Phi) is 4.42. The smallest absolute Gasteiger partial charge is 0.233 e. The molecule has 154 valence electrons. The summed E-state index contributed by atoms with van der Waals surface area (Å²) in [5.41, 5.74) is 9.62. The molecule has 0 unspecified atom stereocenters. The number of nitrogens with zero attached hydrogens (tertiary/aromatic N) is 5. The van der Waals surface area contributed by atoms with E-state index >= 15 is 0 Å². The molecule has 0 aliphatic carbocycles. The molecule has 4 heterocycles. The van der Waals surface area contributed by atoms with Gasteiger partial charge in [0.05, 0.1) is 11.6 Å². The number of rotatable bonds is 4. The van der Waals surface area contributed by atoms with Gasteiger partial charge in [0.25, 0.3) is 0 Å². The van der Waals surface area contributed by atoms with Gasteiger partial charge in [-0.15, -0.1) is 0 Å².